The molecule has 0 aliphatic heterocycles. The van der Waals surface area contributed by atoms with E-state index in [1.165, 1.54) is 18.2 Å². The maximum absolute atomic E-state index is 12.0. The second-order valence-electron chi connectivity index (χ2n) is 6.19. The van der Waals surface area contributed by atoms with Crippen molar-refractivity contribution < 1.29 is 14.3 Å². The molecule has 0 radical (unpaired) electrons. The van der Waals surface area contributed by atoms with Crippen LogP contribution in [0.4, 0.5) is 0 Å². The first-order valence-corrected chi connectivity index (χ1v) is 7.20. The van der Waals surface area contributed by atoms with Crippen LogP contribution in [-0.4, -0.2) is 20.2 Å². The number of carbonyl (C=O) groups is 1. The lowest BCUT2D eigenvalue weighted by Gasteiger charge is -2.23. The van der Waals surface area contributed by atoms with Crippen LogP contribution in [0.5, 0.6) is 5.75 Å². The average molecular weight is 276 g/mol. The number of carbonyl (C=O) groups excluding carboxylic acids is 1. The summed E-state index contributed by atoms with van der Waals surface area (Å²) in [6.07, 6.45) is 1.78. The Morgan fingerprint density at radius 3 is 2.65 bits per heavy atom. The van der Waals surface area contributed by atoms with E-state index in [1.807, 2.05) is 6.07 Å². The maximum Gasteiger partial charge on any atom is 0.309 e. The molecular formula is C17H24O3. The van der Waals surface area contributed by atoms with Gasteiger partial charge >= 0.3 is 5.97 Å². The molecule has 0 fully saturated rings. The molecule has 1 aromatic carbocycles. The first kappa shape index (κ1) is 14.9. The summed E-state index contributed by atoms with van der Waals surface area (Å²) in [6, 6.07) is 6.20. The molecular weight excluding hydrogens is 252 g/mol. The van der Waals surface area contributed by atoms with E-state index >= 15 is 0 Å². The highest BCUT2D eigenvalue weighted by atomic mass is 16.5. The Labute approximate surface area is 121 Å². The molecule has 0 N–H and O–H groups in total. The molecule has 110 valence electrons. The smallest absolute Gasteiger partial charge is 0.309 e. The predicted octanol–water partition coefficient (Wildman–Crippen LogP) is 3.66. The second-order valence-corrected chi connectivity index (χ2v) is 6.19. The maximum atomic E-state index is 12.0. The Hall–Kier alpha value is -1.51. The highest BCUT2D eigenvalue weighted by molar-refractivity contribution is 5.74. The molecule has 1 aromatic rings. The molecule has 3 nitrogen and oxygen atoms in total. The number of hydrogen-bond donors (Lipinski definition) is 0. The summed E-state index contributed by atoms with van der Waals surface area (Å²) in [5.41, 5.74) is 2.63. The minimum absolute atomic E-state index is 0.0612. The zero-order valence-corrected chi connectivity index (χ0v) is 13.0. The SMILES string of the molecule is CC[C@@H](C(=O)OC)[C@H]1CC(C)(C)c2cc(OC)ccc21. The lowest BCUT2D eigenvalue weighted by molar-refractivity contribution is -0.146. The zero-order valence-electron chi connectivity index (χ0n) is 13.0. The van der Waals surface area contributed by atoms with Crippen molar-refractivity contribution in [2.24, 2.45) is 5.92 Å². The Morgan fingerprint density at radius 2 is 2.10 bits per heavy atom. The van der Waals surface area contributed by atoms with Crippen LogP contribution in [0.2, 0.25) is 0 Å². The Morgan fingerprint density at radius 1 is 1.40 bits per heavy atom. The van der Waals surface area contributed by atoms with Gasteiger partial charge in [-0.2, -0.15) is 0 Å². The molecule has 0 bridgehead atoms. The normalized spacial score (nSPS) is 21.1. The van der Waals surface area contributed by atoms with E-state index in [-0.39, 0.29) is 23.2 Å². The first-order valence-electron chi connectivity index (χ1n) is 7.20. The van der Waals surface area contributed by atoms with E-state index in [1.54, 1.807) is 7.11 Å². The predicted molar refractivity (Wildman–Crippen MR) is 79.2 cm³/mol. The standard InChI is InChI=1S/C17H24O3/c1-6-12(16(18)20-5)14-10-17(2,3)15-9-11(19-4)7-8-13(14)15/h7-9,12,14H,6,10H2,1-5H3/t12-,14-/m1/s1. The lowest BCUT2D eigenvalue weighted by Crippen LogP contribution is -2.23. The Bertz CT molecular complexity index is 505. The van der Waals surface area contributed by atoms with Crippen molar-refractivity contribution in [1.82, 2.24) is 0 Å². The Kier molecular flexibility index (Phi) is 4.07. The highest BCUT2D eigenvalue weighted by Gasteiger charge is 2.42. The van der Waals surface area contributed by atoms with E-state index in [2.05, 4.69) is 32.9 Å². The molecule has 0 aromatic heterocycles. The van der Waals surface area contributed by atoms with Crippen molar-refractivity contribution in [2.75, 3.05) is 14.2 Å². The van der Waals surface area contributed by atoms with Gasteiger partial charge in [0.25, 0.3) is 0 Å². The number of ether oxygens (including phenoxy) is 2. The molecule has 2 rings (SSSR count). The van der Waals surface area contributed by atoms with Crippen molar-refractivity contribution in [3.63, 3.8) is 0 Å². The van der Waals surface area contributed by atoms with Gasteiger partial charge in [0.05, 0.1) is 20.1 Å². The van der Waals surface area contributed by atoms with Crippen LogP contribution in [0.25, 0.3) is 0 Å². The van der Waals surface area contributed by atoms with Gasteiger partial charge in [-0.1, -0.05) is 26.8 Å². The molecule has 0 saturated carbocycles. The van der Waals surface area contributed by atoms with Crippen LogP contribution in [-0.2, 0) is 14.9 Å². The third-order valence-electron chi connectivity index (χ3n) is 4.55. The van der Waals surface area contributed by atoms with Crippen molar-refractivity contribution in [1.29, 1.82) is 0 Å². The van der Waals surface area contributed by atoms with Gasteiger partial charge in [0.1, 0.15) is 5.75 Å². The van der Waals surface area contributed by atoms with Crippen LogP contribution < -0.4 is 4.74 Å². The van der Waals surface area contributed by atoms with Crippen LogP contribution in [0.1, 0.15) is 50.7 Å². The summed E-state index contributed by atoms with van der Waals surface area (Å²) in [5.74, 6) is 0.956. The van der Waals surface area contributed by atoms with Crippen molar-refractivity contribution in [2.45, 2.75) is 44.9 Å². The topological polar surface area (TPSA) is 35.5 Å². The van der Waals surface area contributed by atoms with Crippen LogP contribution in [0.3, 0.4) is 0 Å². The van der Waals surface area contributed by atoms with Crippen LogP contribution in [0.15, 0.2) is 18.2 Å². The number of esters is 1. The van der Waals surface area contributed by atoms with E-state index in [4.69, 9.17) is 9.47 Å². The van der Waals surface area contributed by atoms with Gasteiger partial charge in [-0.15, -0.1) is 0 Å². The molecule has 0 unspecified atom stereocenters. The highest BCUT2D eigenvalue weighted by Crippen LogP contribution is 2.50. The summed E-state index contributed by atoms with van der Waals surface area (Å²) in [5, 5.41) is 0. The van der Waals surface area contributed by atoms with E-state index in [0.717, 1.165) is 18.6 Å². The number of fused-ring (bicyclic) bond motifs is 1. The number of methoxy groups -OCH3 is 2. The minimum Gasteiger partial charge on any atom is -0.497 e. The van der Waals surface area contributed by atoms with E-state index in [9.17, 15) is 4.79 Å². The Balaban J connectivity index is 2.44. The van der Waals surface area contributed by atoms with Crippen molar-refractivity contribution in [3.05, 3.63) is 29.3 Å². The summed E-state index contributed by atoms with van der Waals surface area (Å²) in [6.45, 7) is 6.51. The molecule has 3 heteroatoms. The molecule has 1 aliphatic rings. The number of rotatable bonds is 4. The van der Waals surface area contributed by atoms with Crippen molar-refractivity contribution in [3.8, 4) is 5.75 Å². The zero-order chi connectivity index (χ0) is 14.9. The molecule has 20 heavy (non-hydrogen) atoms. The quantitative estimate of drug-likeness (QED) is 0.787. The fourth-order valence-corrected chi connectivity index (χ4v) is 3.47. The summed E-state index contributed by atoms with van der Waals surface area (Å²) < 4.78 is 10.3. The van der Waals surface area contributed by atoms with Gasteiger partial charge in [0.15, 0.2) is 0 Å². The van der Waals surface area contributed by atoms with Gasteiger partial charge in [0.2, 0.25) is 0 Å². The van der Waals surface area contributed by atoms with Crippen molar-refractivity contribution >= 4 is 5.97 Å². The van der Waals surface area contributed by atoms with E-state index < -0.39 is 0 Å². The first-order chi connectivity index (χ1) is 9.44. The fraction of sp³-hybridized carbons (Fsp3) is 0.588. The van der Waals surface area contributed by atoms with E-state index in [0.29, 0.717) is 0 Å². The van der Waals surface area contributed by atoms with Crippen LogP contribution in [0, 0.1) is 5.92 Å². The molecule has 0 saturated heterocycles. The average Bonchev–Trinajstić information content (AvgIpc) is 2.71. The number of hydrogen-bond acceptors (Lipinski definition) is 3. The molecule has 1 aliphatic carbocycles. The number of benzene rings is 1. The monoisotopic (exact) mass is 276 g/mol. The minimum atomic E-state index is -0.100. The summed E-state index contributed by atoms with van der Waals surface area (Å²) in [7, 11) is 3.16. The van der Waals surface area contributed by atoms with Gasteiger partial charge in [-0.05, 0) is 47.4 Å². The van der Waals surface area contributed by atoms with Gasteiger partial charge in [-0.3, -0.25) is 4.79 Å². The summed E-state index contributed by atoms with van der Waals surface area (Å²) >= 11 is 0. The second kappa shape index (κ2) is 5.47. The van der Waals surface area contributed by atoms with Gasteiger partial charge < -0.3 is 9.47 Å². The largest absolute Gasteiger partial charge is 0.497 e. The molecule has 0 spiro atoms. The molecule has 2 atom stereocenters. The summed E-state index contributed by atoms with van der Waals surface area (Å²) in [4.78, 5) is 12.0. The third kappa shape index (κ3) is 2.41. The third-order valence-corrected chi connectivity index (χ3v) is 4.55. The molecule has 0 heterocycles. The molecule has 0 amide bonds. The van der Waals surface area contributed by atoms with Gasteiger partial charge in [-0.25, -0.2) is 0 Å². The van der Waals surface area contributed by atoms with Crippen LogP contribution >= 0.6 is 0 Å². The van der Waals surface area contributed by atoms with Gasteiger partial charge in [0, 0.05) is 0 Å². The lowest BCUT2D eigenvalue weighted by atomic mass is 9.82. The fourth-order valence-electron chi connectivity index (χ4n) is 3.47.